The van der Waals surface area contributed by atoms with Crippen molar-refractivity contribution in [3.05, 3.63) is 29.6 Å². The molecule has 0 bridgehead atoms. The van der Waals surface area contributed by atoms with Gasteiger partial charge in [-0.25, -0.2) is 4.39 Å². The third-order valence-electron chi connectivity index (χ3n) is 3.05. The Bertz CT molecular complexity index is 364. The number of phenolic OH excluding ortho intramolecular Hbond substituents is 1. The van der Waals surface area contributed by atoms with E-state index in [1.54, 1.807) is 12.1 Å². The predicted octanol–water partition coefficient (Wildman–Crippen LogP) is 2.19. The van der Waals surface area contributed by atoms with Crippen LogP contribution in [0.3, 0.4) is 0 Å². The van der Waals surface area contributed by atoms with Crippen LogP contribution in [0.2, 0.25) is 0 Å². The van der Waals surface area contributed by atoms with E-state index in [4.69, 9.17) is 4.74 Å². The van der Waals surface area contributed by atoms with Crippen molar-refractivity contribution in [1.29, 1.82) is 0 Å². The largest absolute Gasteiger partial charge is 0.505 e. The number of para-hydroxylation sites is 1. The molecule has 1 fully saturated rings. The van der Waals surface area contributed by atoms with Crippen LogP contribution in [0.15, 0.2) is 18.2 Å². The minimum absolute atomic E-state index is 0.253. The highest BCUT2D eigenvalue weighted by Gasteiger charge is 2.14. The first kappa shape index (κ1) is 12.3. The molecule has 0 radical (unpaired) electrons. The summed E-state index contributed by atoms with van der Waals surface area (Å²) in [5.74, 6) is -0.819. The molecule has 0 aliphatic carbocycles. The summed E-state index contributed by atoms with van der Waals surface area (Å²) in [7, 11) is 0. The van der Waals surface area contributed by atoms with E-state index in [1.807, 2.05) is 0 Å². The van der Waals surface area contributed by atoms with Gasteiger partial charge in [-0.2, -0.15) is 0 Å². The van der Waals surface area contributed by atoms with Gasteiger partial charge in [0.15, 0.2) is 11.6 Å². The molecule has 1 unspecified atom stereocenters. The molecule has 4 heteroatoms. The number of nitrogens with one attached hydrogen (secondary N) is 1. The molecule has 2 rings (SSSR count). The second-order valence-corrected chi connectivity index (χ2v) is 4.35. The lowest BCUT2D eigenvalue weighted by atomic mass is 10.1. The smallest absolute Gasteiger partial charge is 0.165 e. The Morgan fingerprint density at radius 3 is 3.12 bits per heavy atom. The maximum Gasteiger partial charge on any atom is 0.165 e. The molecule has 17 heavy (non-hydrogen) atoms. The summed E-state index contributed by atoms with van der Waals surface area (Å²) in [6.45, 7) is 2.17. The minimum Gasteiger partial charge on any atom is -0.505 e. The maximum atomic E-state index is 13.0. The quantitative estimate of drug-likeness (QED) is 0.774. The van der Waals surface area contributed by atoms with Crippen molar-refractivity contribution < 1.29 is 14.2 Å². The molecule has 1 heterocycles. The summed E-state index contributed by atoms with van der Waals surface area (Å²) < 4.78 is 18.5. The highest BCUT2D eigenvalue weighted by Crippen LogP contribution is 2.20. The van der Waals surface area contributed by atoms with Crippen LogP contribution in [0.5, 0.6) is 5.75 Å². The number of rotatable bonds is 5. The molecule has 1 aromatic rings. The van der Waals surface area contributed by atoms with Crippen molar-refractivity contribution in [2.24, 2.45) is 0 Å². The molecule has 1 aromatic carbocycles. The first-order valence-corrected chi connectivity index (χ1v) is 6.06. The summed E-state index contributed by atoms with van der Waals surface area (Å²) in [6, 6.07) is 4.58. The van der Waals surface area contributed by atoms with Gasteiger partial charge in [0.1, 0.15) is 0 Å². The summed E-state index contributed by atoms with van der Waals surface area (Å²) in [5, 5.41) is 12.7. The van der Waals surface area contributed by atoms with Gasteiger partial charge in [0.2, 0.25) is 0 Å². The molecular weight excluding hydrogens is 221 g/mol. The van der Waals surface area contributed by atoms with E-state index in [0.29, 0.717) is 18.2 Å². The molecule has 0 aromatic heterocycles. The number of benzene rings is 1. The van der Waals surface area contributed by atoms with Crippen LogP contribution in [-0.2, 0) is 11.3 Å². The molecule has 0 saturated carbocycles. The fourth-order valence-electron chi connectivity index (χ4n) is 2.06. The fraction of sp³-hybridized carbons (Fsp3) is 0.538. The minimum atomic E-state index is -0.566. The zero-order valence-electron chi connectivity index (χ0n) is 9.79. The molecule has 1 aliphatic rings. The van der Waals surface area contributed by atoms with E-state index >= 15 is 0 Å². The van der Waals surface area contributed by atoms with Crippen molar-refractivity contribution in [1.82, 2.24) is 5.32 Å². The number of hydrogen-bond donors (Lipinski definition) is 2. The van der Waals surface area contributed by atoms with Crippen molar-refractivity contribution in [2.75, 3.05) is 13.2 Å². The predicted molar refractivity (Wildman–Crippen MR) is 63.4 cm³/mol. The Kier molecular flexibility index (Phi) is 4.34. The molecule has 0 spiro atoms. The van der Waals surface area contributed by atoms with E-state index in [0.717, 1.165) is 32.4 Å². The van der Waals surface area contributed by atoms with Crippen molar-refractivity contribution in [3.63, 3.8) is 0 Å². The van der Waals surface area contributed by atoms with Gasteiger partial charge in [-0.3, -0.25) is 0 Å². The molecule has 1 saturated heterocycles. The maximum absolute atomic E-state index is 13.0. The number of phenols is 1. The number of hydrogen-bond acceptors (Lipinski definition) is 3. The Hall–Kier alpha value is -1.13. The Balaban J connectivity index is 1.72. The Morgan fingerprint density at radius 2 is 2.35 bits per heavy atom. The second-order valence-electron chi connectivity index (χ2n) is 4.35. The fourth-order valence-corrected chi connectivity index (χ4v) is 2.06. The topological polar surface area (TPSA) is 41.5 Å². The monoisotopic (exact) mass is 239 g/mol. The lowest BCUT2D eigenvalue weighted by Crippen LogP contribution is -2.19. The standard InChI is InChI=1S/C13H18FNO2/c14-12-5-1-3-10(13(12)16)9-15-7-6-11-4-2-8-17-11/h1,3,5,11,15-16H,2,4,6-9H2. The van der Waals surface area contributed by atoms with Gasteiger partial charge in [-0.15, -0.1) is 0 Å². The summed E-state index contributed by atoms with van der Waals surface area (Å²) >= 11 is 0. The lowest BCUT2D eigenvalue weighted by molar-refractivity contribution is 0.104. The third kappa shape index (κ3) is 3.41. The van der Waals surface area contributed by atoms with E-state index in [1.165, 1.54) is 6.07 Å². The van der Waals surface area contributed by atoms with E-state index in [-0.39, 0.29) is 5.75 Å². The summed E-state index contributed by atoms with van der Waals surface area (Å²) in [6.07, 6.45) is 3.61. The zero-order valence-corrected chi connectivity index (χ0v) is 9.79. The van der Waals surface area contributed by atoms with E-state index in [9.17, 15) is 9.50 Å². The molecule has 0 amide bonds. The second kappa shape index (κ2) is 5.98. The number of halogens is 1. The Labute approximate surface area is 101 Å². The van der Waals surface area contributed by atoms with Gasteiger partial charge < -0.3 is 15.2 Å². The van der Waals surface area contributed by atoms with Gasteiger partial charge in [0.05, 0.1) is 6.10 Å². The highest BCUT2D eigenvalue weighted by molar-refractivity contribution is 5.33. The zero-order chi connectivity index (χ0) is 12.1. The van der Waals surface area contributed by atoms with Crippen molar-refractivity contribution >= 4 is 0 Å². The van der Waals surface area contributed by atoms with E-state index in [2.05, 4.69) is 5.32 Å². The van der Waals surface area contributed by atoms with Crippen LogP contribution in [0.25, 0.3) is 0 Å². The average Bonchev–Trinajstić information content (AvgIpc) is 2.83. The van der Waals surface area contributed by atoms with Crippen molar-refractivity contribution in [2.45, 2.75) is 31.9 Å². The first-order chi connectivity index (χ1) is 8.27. The molecule has 2 N–H and O–H groups in total. The third-order valence-corrected chi connectivity index (χ3v) is 3.05. The molecular formula is C13H18FNO2. The lowest BCUT2D eigenvalue weighted by Gasteiger charge is -2.10. The van der Waals surface area contributed by atoms with Crippen LogP contribution >= 0.6 is 0 Å². The highest BCUT2D eigenvalue weighted by atomic mass is 19.1. The average molecular weight is 239 g/mol. The normalized spacial score (nSPS) is 19.7. The SMILES string of the molecule is Oc1c(F)cccc1CNCCC1CCCO1. The van der Waals surface area contributed by atoms with Crippen molar-refractivity contribution in [3.8, 4) is 5.75 Å². The van der Waals surface area contributed by atoms with Gasteiger partial charge in [0.25, 0.3) is 0 Å². The molecule has 3 nitrogen and oxygen atoms in total. The van der Waals surface area contributed by atoms with Crippen LogP contribution < -0.4 is 5.32 Å². The van der Waals surface area contributed by atoms with Crippen LogP contribution in [-0.4, -0.2) is 24.4 Å². The Morgan fingerprint density at radius 1 is 1.47 bits per heavy atom. The summed E-state index contributed by atoms with van der Waals surface area (Å²) in [5.41, 5.74) is 0.595. The molecule has 1 aliphatic heterocycles. The van der Waals surface area contributed by atoms with Crippen LogP contribution in [0.1, 0.15) is 24.8 Å². The van der Waals surface area contributed by atoms with E-state index < -0.39 is 5.82 Å². The van der Waals surface area contributed by atoms with Crippen LogP contribution in [0, 0.1) is 5.82 Å². The van der Waals surface area contributed by atoms with Gasteiger partial charge >= 0.3 is 0 Å². The van der Waals surface area contributed by atoms with Gasteiger partial charge in [-0.05, 0) is 31.9 Å². The molecule has 94 valence electrons. The van der Waals surface area contributed by atoms with Gasteiger partial charge in [0, 0.05) is 18.7 Å². The van der Waals surface area contributed by atoms with Crippen LogP contribution in [0.4, 0.5) is 4.39 Å². The summed E-state index contributed by atoms with van der Waals surface area (Å²) in [4.78, 5) is 0. The van der Waals surface area contributed by atoms with Gasteiger partial charge in [-0.1, -0.05) is 12.1 Å². The molecule has 1 atom stereocenters. The first-order valence-electron chi connectivity index (χ1n) is 6.06. The number of ether oxygens (including phenoxy) is 1. The number of aromatic hydroxyl groups is 1.